The summed E-state index contributed by atoms with van der Waals surface area (Å²) in [5.41, 5.74) is 3.18. The van der Waals surface area contributed by atoms with Crippen molar-refractivity contribution < 1.29 is 14.2 Å². The number of nitriles is 1. The highest BCUT2D eigenvalue weighted by Crippen LogP contribution is 2.38. The van der Waals surface area contributed by atoms with Crippen LogP contribution in [0.3, 0.4) is 0 Å². The minimum Gasteiger partial charge on any atom is -0.486 e. The molecular weight excluding hydrogens is 388 g/mol. The van der Waals surface area contributed by atoms with Gasteiger partial charge in [0.25, 0.3) is 0 Å². The van der Waals surface area contributed by atoms with Gasteiger partial charge in [0.05, 0.1) is 11.6 Å². The van der Waals surface area contributed by atoms with Crippen molar-refractivity contribution in [1.29, 1.82) is 5.26 Å². The minimum atomic E-state index is 0.394. The lowest BCUT2D eigenvalue weighted by molar-refractivity contribution is 0.170. The number of benzene rings is 3. The van der Waals surface area contributed by atoms with E-state index in [1.807, 2.05) is 30.3 Å². The number of rotatable bonds is 5. The molecule has 0 bridgehead atoms. The molecule has 0 aromatic heterocycles. The second-order valence-corrected chi connectivity index (χ2v) is 7.91. The Morgan fingerprint density at radius 3 is 2.35 bits per heavy atom. The van der Waals surface area contributed by atoms with E-state index in [1.165, 1.54) is 17.5 Å². The highest BCUT2D eigenvalue weighted by atomic mass is 16.6. The molecule has 1 saturated heterocycles. The van der Waals surface area contributed by atoms with Crippen LogP contribution in [0.5, 0.6) is 23.0 Å². The Morgan fingerprint density at radius 1 is 0.903 bits per heavy atom. The Balaban J connectivity index is 1.25. The van der Waals surface area contributed by atoms with Gasteiger partial charge < -0.3 is 14.2 Å². The molecule has 5 heteroatoms. The minimum absolute atomic E-state index is 0.394. The molecule has 2 heterocycles. The van der Waals surface area contributed by atoms with E-state index < -0.39 is 0 Å². The second-order valence-electron chi connectivity index (χ2n) is 7.91. The van der Waals surface area contributed by atoms with Crippen molar-refractivity contribution in [3.05, 3.63) is 83.4 Å². The zero-order valence-corrected chi connectivity index (χ0v) is 17.3. The number of hydrogen-bond acceptors (Lipinski definition) is 5. The Bertz CT molecular complexity index is 1090. The summed E-state index contributed by atoms with van der Waals surface area (Å²) < 4.78 is 17.3. The van der Waals surface area contributed by atoms with Crippen LogP contribution in [-0.4, -0.2) is 24.7 Å². The van der Waals surface area contributed by atoms with Crippen LogP contribution in [0.15, 0.2) is 66.7 Å². The van der Waals surface area contributed by atoms with Crippen LogP contribution in [0.25, 0.3) is 0 Å². The quantitative estimate of drug-likeness (QED) is 0.557. The summed E-state index contributed by atoms with van der Waals surface area (Å²) >= 11 is 0. The fourth-order valence-corrected chi connectivity index (χ4v) is 4.29. The maximum Gasteiger partial charge on any atom is 0.161 e. The van der Waals surface area contributed by atoms with E-state index in [-0.39, 0.29) is 0 Å². The molecule has 2 aliphatic rings. The highest BCUT2D eigenvalue weighted by Gasteiger charge is 2.27. The fourth-order valence-electron chi connectivity index (χ4n) is 4.29. The van der Waals surface area contributed by atoms with Gasteiger partial charge in [-0.2, -0.15) is 5.26 Å². The summed E-state index contributed by atoms with van der Waals surface area (Å²) in [4.78, 5) is 2.53. The van der Waals surface area contributed by atoms with E-state index in [0.29, 0.717) is 24.8 Å². The fraction of sp³-hybridized carbons (Fsp3) is 0.269. The molecule has 0 spiro atoms. The first-order valence-corrected chi connectivity index (χ1v) is 10.7. The lowest BCUT2D eigenvalue weighted by Crippen LogP contribution is -2.23. The molecule has 0 N–H and O–H groups in total. The van der Waals surface area contributed by atoms with Crippen LogP contribution in [0, 0.1) is 11.3 Å². The van der Waals surface area contributed by atoms with E-state index >= 15 is 0 Å². The number of fused-ring (bicyclic) bond motifs is 1. The van der Waals surface area contributed by atoms with Gasteiger partial charge in [0, 0.05) is 12.6 Å². The molecule has 5 nitrogen and oxygen atoms in total. The van der Waals surface area contributed by atoms with E-state index in [9.17, 15) is 0 Å². The summed E-state index contributed by atoms with van der Waals surface area (Å²) in [5, 5.41) is 8.90. The largest absolute Gasteiger partial charge is 0.486 e. The molecule has 0 radical (unpaired) electrons. The number of nitrogens with zero attached hydrogens (tertiary/aromatic N) is 2. The number of hydrogen-bond donors (Lipinski definition) is 0. The Kier molecular flexibility index (Phi) is 5.47. The van der Waals surface area contributed by atoms with Crippen LogP contribution in [0.1, 0.15) is 35.6 Å². The Labute approximate surface area is 182 Å². The molecule has 3 aromatic rings. The van der Waals surface area contributed by atoms with Crippen LogP contribution < -0.4 is 14.2 Å². The SMILES string of the molecule is N#Cc1ccc(Oc2ccc(CN3CCC[C@@H]3c3ccc4c(c3)OCCO4)cc2)cc1. The first-order valence-electron chi connectivity index (χ1n) is 10.7. The van der Waals surface area contributed by atoms with E-state index in [4.69, 9.17) is 19.5 Å². The van der Waals surface area contributed by atoms with Crippen molar-refractivity contribution in [3.8, 4) is 29.1 Å². The van der Waals surface area contributed by atoms with Crippen LogP contribution in [0.4, 0.5) is 0 Å². The standard InChI is InChI=1S/C26H24N2O3/c27-17-19-3-8-22(9-4-19)31-23-10-5-20(6-11-23)18-28-13-1-2-24(28)21-7-12-25-26(16-21)30-15-14-29-25/h3-12,16,24H,1-2,13-15,18H2/t24-/m1/s1. The Morgan fingerprint density at radius 2 is 1.61 bits per heavy atom. The zero-order valence-electron chi connectivity index (χ0n) is 17.3. The maximum absolute atomic E-state index is 8.90. The molecule has 0 aliphatic carbocycles. The predicted molar refractivity (Wildman–Crippen MR) is 117 cm³/mol. The summed E-state index contributed by atoms with van der Waals surface area (Å²) in [7, 11) is 0. The van der Waals surface area contributed by atoms with Crippen LogP contribution in [0.2, 0.25) is 0 Å². The van der Waals surface area contributed by atoms with E-state index in [0.717, 1.165) is 42.5 Å². The normalized spacial score (nSPS) is 17.8. The molecule has 156 valence electrons. The zero-order chi connectivity index (χ0) is 21.0. The van der Waals surface area contributed by atoms with Crippen molar-refractivity contribution in [2.24, 2.45) is 0 Å². The van der Waals surface area contributed by atoms with Crippen molar-refractivity contribution in [1.82, 2.24) is 4.90 Å². The molecule has 0 unspecified atom stereocenters. The molecule has 0 saturated carbocycles. The number of ether oxygens (including phenoxy) is 3. The Hall–Kier alpha value is -3.49. The number of likely N-dealkylation sites (tertiary alicyclic amines) is 1. The monoisotopic (exact) mass is 412 g/mol. The second kappa shape index (κ2) is 8.71. The predicted octanol–water partition coefficient (Wildman–Crippen LogP) is 5.46. The van der Waals surface area contributed by atoms with Crippen LogP contribution in [-0.2, 0) is 6.54 Å². The summed E-state index contributed by atoms with van der Waals surface area (Å²) in [6.07, 6.45) is 2.35. The molecule has 1 fully saturated rings. The van der Waals surface area contributed by atoms with Crippen molar-refractivity contribution in [3.63, 3.8) is 0 Å². The average Bonchev–Trinajstić information content (AvgIpc) is 3.28. The maximum atomic E-state index is 8.90. The third-order valence-corrected chi connectivity index (χ3v) is 5.84. The summed E-state index contributed by atoms with van der Waals surface area (Å²) in [6, 6.07) is 24.3. The molecule has 2 aliphatic heterocycles. The highest BCUT2D eigenvalue weighted by molar-refractivity contribution is 5.45. The summed E-state index contributed by atoms with van der Waals surface area (Å²) in [6.45, 7) is 3.22. The average molecular weight is 412 g/mol. The van der Waals surface area contributed by atoms with Crippen molar-refractivity contribution >= 4 is 0 Å². The third-order valence-electron chi connectivity index (χ3n) is 5.84. The van der Waals surface area contributed by atoms with E-state index in [1.54, 1.807) is 12.1 Å². The molecule has 3 aromatic carbocycles. The van der Waals surface area contributed by atoms with Gasteiger partial charge in [0.2, 0.25) is 0 Å². The third kappa shape index (κ3) is 4.35. The molecule has 5 rings (SSSR count). The van der Waals surface area contributed by atoms with Crippen LogP contribution >= 0.6 is 0 Å². The van der Waals surface area contributed by atoms with Gasteiger partial charge in [-0.15, -0.1) is 0 Å². The van der Waals surface area contributed by atoms with Gasteiger partial charge in [0.1, 0.15) is 24.7 Å². The van der Waals surface area contributed by atoms with E-state index in [2.05, 4.69) is 35.2 Å². The van der Waals surface area contributed by atoms with Gasteiger partial charge in [-0.3, -0.25) is 4.90 Å². The van der Waals surface area contributed by atoms with Gasteiger partial charge in [0.15, 0.2) is 11.5 Å². The first kappa shape index (κ1) is 19.5. The molecule has 1 atom stereocenters. The van der Waals surface area contributed by atoms with Gasteiger partial charge in [-0.25, -0.2) is 0 Å². The van der Waals surface area contributed by atoms with Crippen molar-refractivity contribution in [2.45, 2.75) is 25.4 Å². The molecular formula is C26H24N2O3. The van der Waals surface area contributed by atoms with Crippen molar-refractivity contribution in [2.75, 3.05) is 19.8 Å². The lowest BCUT2D eigenvalue weighted by atomic mass is 10.0. The van der Waals surface area contributed by atoms with Gasteiger partial charge in [-0.05, 0) is 79.0 Å². The molecule has 0 amide bonds. The van der Waals surface area contributed by atoms with Gasteiger partial charge >= 0.3 is 0 Å². The smallest absolute Gasteiger partial charge is 0.161 e. The van der Waals surface area contributed by atoms with Gasteiger partial charge in [-0.1, -0.05) is 18.2 Å². The topological polar surface area (TPSA) is 54.7 Å². The summed E-state index contributed by atoms with van der Waals surface area (Å²) in [5.74, 6) is 3.22. The first-order chi connectivity index (χ1) is 15.3. The molecule has 31 heavy (non-hydrogen) atoms. The lowest BCUT2D eigenvalue weighted by Gasteiger charge is -2.26.